The number of aliphatic hydroxyl groups is 1. The normalized spacial score (nSPS) is 21.1. The lowest BCUT2D eigenvalue weighted by Gasteiger charge is -2.29. The largest absolute Gasteiger partial charge is 0.507 e. The van der Waals surface area contributed by atoms with E-state index >= 15 is 0 Å². The second-order valence-corrected chi connectivity index (χ2v) is 8.64. The molecular weight excluding hydrogens is 423 g/mol. The number of aliphatic hydroxyl groups excluding tert-OH is 1. The van der Waals surface area contributed by atoms with Gasteiger partial charge >= 0.3 is 0 Å². The van der Waals surface area contributed by atoms with Crippen molar-refractivity contribution in [1.29, 1.82) is 0 Å². The molecule has 0 aromatic heterocycles. The lowest BCUT2D eigenvalue weighted by Crippen LogP contribution is -2.39. The van der Waals surface area contributed by atoms with Gasteiger partial charge in [-0.3, -0.25) is 14.5 Å². The molecule has 2 saturated heterocycles. The lowest BCUT2D eigenvalue weighted by atomic mass is 9.93. The number of ketones is 1. The molecule has 2 heterocycles. The average Bonchev–Trinajstić information content (AvgIpc) is 3.06. The van der Waals surface area contributed by atoms with Crippen molar-refractivity contribution in [2.45, 2.75) is 26.3 Å². The van der Waals surface area contributed by atoms with Crippen LogP contribution in [0.25, 0.3) is 5.76 Å². The first-order valence-electron chi connectivity index (χ1n) is 11.3. The fourth-order valence-corrected chi connectivity index (χ4v) is 4.56. The van der Waals surface area contributed by atoms with E-state index in [1.807, 2.05) is 26.0 Å². The number of morpholine rings is 1. The number of carbonyl (C=O) groups is 2. The number of hydrogen-bond donors (Lipinski definition) is 1. The minimum atomic E-state index is -0.976. The molecule has 1 amide bonds. The summed E-state index contributed by atoms with van der Waals surface area (Å²) in [6.07, 6.45) is 0.626. The Hall–Kier alpha value is -3.03. The van der Waals surface area contributed by atoms with Gasteiger partial charge in [0.2, 0.25) is 0 Å². The molecule has 1 N–H and O–H groups in total. The number of halogens is 1. The summed E-state index contributed by atoms with van der Waals surface area (Å²) in [5.41, 5.74) is 2.29. The second kappa shape index (κ2) is 9.85. The zero-order chi connectivity index (χ0) is 23.5. The Bertz CT molecular complexity index is 1090. The zero-order valence-electron chi connectivity index (χ0n) is 19.0. The summed E-state index contributed by atoms with van der Waals surface area (Å²) >= 11 is 0. The van der Waals surface area contributed by atoms with Crippen molar-refractivity contribution >= 4 is 17.4 Å². The number of ether oxygens (including phenoxy) is 1. The summed E-state index contributed by atoms with van der Waals surface area (Å²) in [5, 5.41) is 11.2. The first kappa shape index (κ1) is 23.1. The minimum Gasteiger partial charge on any atom is -0.507 e. The van der Waals surface area contributed by atoms with Gasteiger partial charge in [-0.05, 0) is 38.0 Å². The summed E-state index contributed by atoms with van der Waals surface area (Å²) in [5.74, 6) is -2.28. The molecule has 4 rings (SSSR count). The van der Waals surface area contributed by atoms with E-state index in [0.717, 1.165) is 30.8 Å². The number of amides is 1. The van der Waals surface area contributed by atoms with Crippen LogP contribution in [0.5, 0.6) is 0 Å². The van der Waals surface area contributed by atoms with Gasteiger partial charge in [-0.1, -0.05) is 35.9 Å². The molecule has 0 saturated carbocycles. The van der Waals surface area contributed by atoms with Crippen LogP contribution in [0.2, 0.25) is 0 Å². The van der Waals surface area contributed by atoms with Crippen LogP contribution in [-0.4, -0.2) is 66.0 Å². The van der Waals surface area contributed by atoms with E-state index in [1.165, 1.54) is 11.0 Å². The van der Waals surface area contributed by atoms with Gasteiger partial charge in [-0.2, -0.15) is 0 Å². The van der Waals surface area contributed by atoms with Gasteiger partial charge in [0.25, 0.3) is 11.7 Å². The first-order valence-corrected chi connectivity index (χ1v) is 11.3. The Morgan fingerprint density at radius 3 is 2.55 bits per heavy atom. The molecule has 2 aromatic carbocycles. The number of likely N-dealkylation sites (tertiary alicyclic amines) is 1. The number of aryl methyl sites for hydroxylation is 2. The van der Waals surface area contributed by atoms with Gasteiger partial charge in [-0.25, -0.2) is 4.39 Å². The Balaban J connectivity index is 1.72. The van der Waals surface area contributed by atoms with E-state index in [-0.39, 0.29) is 23.4 Å². The maximum absolute atomic E-state index is 14.9. The highest BCUT2D eigenvalue weighted by molar-refractivity contribution is 6.46. The highest BCUT2D eigenvalue weighted by atomic mass is 19.1. The maximum atomic E-state index is 14.9. The predicted molar refractivity (Wildman–Crippen MR) is 123 cm³/mol. The van der Waals surface area contributed by atoms with E-state index < -0.39 is 23.5 Å². The standard InChI is InChI=1S/C26H29FN2O4/c1-17-8-9-18(2)20(16-17)24(30)22-23(19-6-3-4-7-21(19)27)29(26(32)25(22)31)11-5-10-28-12-14-33-15-13-28/h3-4,6-9,16,23,30H,5,10-15H2,1-2H3/b24-22-. The van der Waals surface area contributed by atoms with Crippen molar-refractivity contribution in [2.24, 2.45) is 0 Å². The van der Waals surface area contributed by atoms with E-state index in [9.17, 15) is 19.1 Å². The highest BCUT2D eigenvalue weighted by Gasteiger charge is 2.46. The van der Waals surface area contributed by atoms with E-state index in [4.69, 9.17) is 4.74 Å². The molecule has 2 fully saturated rings. The molecule has 7 heteroatoms. The second-order valence-electron chi connectivity index (χ2n) is 8.64. The van der Waals surface area contributed by atoms with Crippen LogP contribution in [0, 0.1) is 19.7 Å². The van der Waals surface area contributed by atoms with Crippen LogP contribution in [0.3, 0.4) is 0 Å². The molecule has 0 aliphatic carbocycles. The Morgan fingerprint density at radius 2 is 1.82 bits per heavy atom. The van der Waals surface area contributed by atoms with Crippen LogP contribution in [0.1, 0.15) is 34.7 Å². The summed E-state index contributed by atoms with van der Waals surface area (Å²) in [7, 11) is 0. The van der Waals surface area contributed by atoms with Crippen molar-refractivity contribution in [3.8, 4) is 0 Å². The monoisotopic (exact) mass is 452 g/mol. The molecule has 1 atom stereocenters. The lowest BCUT2D eigenvalue weighted by molar-refractivity contribution is -0.140. The van der Waals surface area contributed by atoms with Crippen molar-refractivity contribution in [2.75, 3.05) is 39.4 Å². The van der Waals surface area contributed by atoms with E-state index in [2.05, 4.69) is 4.90 Å². The van der Waals surface area contributed by atoms with Crippen molar-refractivity contribution < 1.29 is 23.8 Å². The third-order valence-electron chi connectivity index (χ3n) is 6.37. The smallest absolute Gasteiger partial charge is 0.295 e. The molecule has 2 aromatic rings. The van der Waals surface area contributed by atoms with Crippen molar-refractivity contribution in [3.05, 3.63) is 76.1 Å². The summed E-state index contributed by atoms with van der Waals surface area (Å²) in [6.45, 7) is 7.73. The Labute approximate surface area is 193 Å². The molecule has 33 heavy (non-hydrogen) atoms. The van der Waals surface area contributed by atoms with Crippen LogP contribution in [0.4, 0.5) is 4.39 Å². The summed E-state index contributed by atoms with van der Waals surface area (Å²) < 4.78 is 20.3. The predicted octanol–water partition coefficient (Wildman–Crippen LogP) is 3.59. The molecule has 0 spiro atoms. The SMILES string of the molecule is Cc1ccc(C)c(/C(O)=C2/C(=O)C(=O)N(CCCN3CCOCC3)C2c2ccccc2F)c1. The van der Waals surface area contributed by atoms with Crippen LogP contribution in [0.15, 0.2) is 48.0 Å². The number of rotatable bonds is 6. The molecule has 174 valence electrons. The number of hydrogen-bond acceptors (Lipinski definition) is 5. The van der Waals surface area contributed by atoms with Crippen LogP contribution < -0.4 is 0 Å². The quantitative estimate of drug-likeness (QED) is 0.412. The fraction of sp³-hybridized carbons (Fsp3) is 0.385. The van der Waals surface area contributed by atoms with E-state index in [1.54, 1.807) is 24.3 Å². The maximum Gasteiger partial charge on any atom is 0.295 e. The van der Waals surface area contributed by atoms with Gasteiger partial charge in [0.05, 0.1) is 24.8 Å². The molecule has 1 unspecified atom stereocenters. The fourth-order valence-electron chi connectivity index (χ4n) is 4.56. The zero-order valence-corrected chi connectivity index (χ0v) is 19.0. The summed E-state index contributed by atoms with van der Waals surface area (Å²) in [4.78, 5) is 29.8. The Morgan fingerprint density at radius 1 is 1.09 bits per heavy atom. The third kappa shape index (κ3) is 4.70. The number of nitrogens with zero attached hydrogens (tertiary/aromatic N) is 2. The third-order valence-corrected chi connectivity index (χ3v) is 6.37. The Kier molecular flexibility index (Phi) is 6.91. The number of Topliss-reactive ketones (excluding diaryl/α,β-unsaturated/α-hetero) is 1. The van der Waals surface area contributed by atoms with Crippen molar-refractivity contribution in [1.82, 2.24) is 9.80 Å². The molecule has 2 aliphatic rings. The van der Waals surface area contributed by atoms with Crippen LogP contribution >= 0.6 is 0 Å². The first-order chi connectivity index (χ1) is 15.9. The molecule has 0 radical (unpaired) electrons. The van der Waals surface area contributed by atoms with Gasteiger partial charge in [0.15, 0.2) is 0 Å². The number of benzene rings is 2. The van der Waals surface area contributed by atoms with Crippen LogP contribution in [-0.2, 0) is 14.3 Å². The van der Waals surface area contributed by atoms with Gasteiger partial charge in [0, 0.05) is 37.3 Å². The van der Waals surface area contributed by atoms with Gasteiger partial charge in [0.1, 0.15) is 11.6 Å². The molecular formula is C26H29FN2O4. The minimum absolute atomic E-state index is 0.0647. The number of carbonyl (C=O) groups excluding carboxylic acids is 2. The molecule has 6 nitrogen and oxygen atoms in total. The topological polar surface area (TPSA) is 70.1 Å². The molecule has 2 aliphatic heterocycles. The summed E-state index contributed by atoms with van der Waals surface area (Å²) in [6, 6.07) is 10.7. The van der Waals surface area contributed by atoms with Gasteiger partial charge < -0.3 is 14.7 Å². The van der Waals surface area contributed by atoms with E-state index in [0.29, 0.717) is 25.2 Å². The van der Waals surface area contributed by atoms with Crippen molar-refractivity contribution in [3.63, 3.8) is 0 Å². The molecule has 0 bridgehead atoms. The average molecular weight is 453 g/mol. The van der Waals surface area contributed by atoms with Gasteiger partial charge in [-0.15, -0.1) is 0 Å². The highest BCUT2D eigenvalue weighted by Crippen LogP contribution is 2.40.